The molecule has 0 aliphatic heterocycles. The monoisotopic (exact) mass is 447 g/mol. The predicted molar refractivity (Wildman–Crippen MR) is 126 cm³/mol. The number of imidazole rings is 1. The molecule has 32 heavy (non-hydrogen) atoms. The molecule has 0 aliphatic carbocycles. The van der Waals surface area contributed by atoms with Crippen molar-refractivity contribution in [2.45, 2.75) is 23.9 Å². The van der Waals surface area contributed by atoms with Crippen molar-refractivity contribution in [1.82, 2.24) is 24.8 Å². The molecule has 1 amide bonds. The van der Waals surface area contributed by atoms with Crippen LogP contribution in [0.1, 0.15) is 28.0 Å². The number of carbonyl (C=O) groups is 1. The van der Waals surface area contributed by atoms with Gasteiger partial charge in [-0.3, -0.25) is 14.8 Å². The minimum absolute atomic E-state index is 0.0726. The molecule has 0 aliphatic rings. The van der Waals surface area contributed by atoms with Crippen molar-refractivity contribution in [2.24, 2.45) is 0 Å². The quantitative estimate of drug-likeness (QED) is 0.293. The van der Waals surface area contributed by atoms with Crippen molar-refractivity contribution >= 4 is 28.7 Å². The number of nitrogens with zero attached hydrogens (tertiary/aromatic N) is 4. The Morgan fingerprint density at radius 1 is 1.12 bits per heavy atom. The number of benzene rings is 1. The third-order valence-electron chi connectivity index (χ3n) is 4.96. The van der Waals surface area contributed by atoms with E-state index in [1.807, 2.05) is 54.7 Å². The van der Waals surface area contributed by atoms with Crippen LogP contribution in [0.2, 0.25) is 0 Å². The highest BCUT2D eigenvalue weighted by Crippen LogP contribution is 2.27. The maximum absolute atomic E-state index is 12.3. The van der Waals surface area contributed by atoms with Gasteiger partial charge in [0.1, 0.15) is 0 Å². The van der Waals surface area contributed by atoms with E-state index >= 15 is 0 Å². The van der Waals surface area contributed by atoms with Crippen molar-refractivity contribution in [3.63, 3.8) is 0 Å². The molecular weight excluding hydrogens is 422 g/mol. The summed E-state index contributed by atoms with van der Waals surface area (Å²) in [6.45, 7) is 1.87. The molecule has 4 aromatic rings. The summed E-state index contributed by atoms with van der Waals surface area (Å²) in [5.74, 6) is 0.663. The number of pyridine rings is 2. The van der Waals surface area contributed by atoms with Gasteiger partial charge in [-0.15, -0.1) is 0 Å². The van der Waals surface area contributed by atoms with Crippen molar-refractivity contribution in [3.8, 4) is 0 Å². The van der Waals surface area contributed by atoms with Gasteiger partial charge >= 0.3 is 0 Å². The lowest BCUT2D eigenvalue weighted by molar-refractivity contribution is 0.0948. The average Bonchev–Trinajstić information content (AvgIpc) is 3.19. The number of carbonyl (C=O) groups excluding carboxylic acids is 1. The zero-order valence-corrected chi connectivity index (χ0v) is 18.7. The Labute approximate surface area is 191 Å². The zero-order valence-electron chi connectivity index (χ0n) is 17.9. The number of hydrogen-bond donors (Lipinski definition) is 1. The topological polar surface area (TPSA) is 81.9 Å². The molecule has 0 unspecified atom stereocenters. The molecule has 0 saturated heterocycles. The standard InChI is InChI=1S/C24H25N5O2S/c1-31-14-4-12-27-23(30)19-8-6-18(7-9-19)16-29-22-15-25-13-10-21(22)28-24(29)32-17-20-5-2-3-11-26-20/h2-3,5-11,13,15H,4,12,14,16-17H2,1H3,(H,27,30). The van der Waals surface area contributed by atoms with E-state index in [4.69, 9.17) is 9.72 Å². The second-order valence-corrected chi connectivity index (χ2v) is 8.20. The van der Waals surface area contributed by atoms with Gasteiger partial charge in [-0.1, -0.05) is 30.0 Å². The second kappa shape index (κ2) is 10.9. The molecule has 0 saturated carbocycles. The number of methoxy groups -OCH3 is 1. The first kappa shape index (κ1) is 22.0. The van der Waals surface area contributed by atoms with Gasteiger partial charge in [-0.2, -0.15) is 0 Å². The molecule has 0 atom stereocenters. The number of aromatic nitrogens is 4. The van der Waals surface area contributed by atoms with E-state index in [1.54, 1.807) is 31.3 Å². The molecule has 164 valence electrons. The van der Waals surface area contributed by atoms with Crippen LogP contribution in [-0.4, -0.2) is 45.7 Å². The molecule has 0 fully saturated rings. The Balaban J connectivity index is 1.48. The molecule has 1 N–H and O–H groups in total. The number of amides is 1. The first-order valence-corrected chi connectivity index (χ1v) is 11.4. The highest BCUT2D eigenvalue weighted by molar-refractivity contribution is 7.98. The molecule has 8 heteroatoms. The Kier molecular flexibility index (Phi) is 7.47. The summed E-state index contributed by atoms with van der Waals surface area (Å²) in [4.78, 5) is 25.8. The van der Waals surface area contributed by atoms with Crippen LogP contribution in [-0.2, 0) is 17.0 Å². The summed E-state index contributed by atoms with van der Waals surface area (Å²) >= 11 is 1.65. The largest absolute Gasteiger partial charge is 0.385 e. The number of nitrogens with one attached hydrogen (secondary N) is 1. The van der Waals surface area contributed by atoms with Crippen LogP contribution in [0.5, 0.6) is 0 Å². The second-order valence-electron chi connectivity index (χ2n) is 7.25. The smallest absolute Gasteiger partial charge is 0.251 e. The van der Waals surface area contributed by atoms with E-state index in [9.17, 15) is 4.79 Å². The minimum Gasteiger partial charge on any atom is -0.385 e. The Bertz CT molecular complexity index is 1160. The Hall–Kier alpha value is -3.23. The Morgan fingerprint density at radius 2 is 2.00 bits per heavy atom. The highest BCUT2D eigenvalue weighted by Gasteiger charge is 2.13. The van der Waals surface area contributed by atoms with Crippen LogP contribution in [0.4, 0.5) is 0 Å². The van der Waals surface area contributed by atoms with Gasteiger partial charge in [-0.25, -0.2) is 4.98 Å². The van der Waals surface area contributed by atoms with Gasteiger partial charge in [0.15, 0.2) is 5.16 Å². The first-order valence-electron chi connectivity index (χ1n) is 10.4. The number of thioether (sulfide) groups is 1. The van der Waals surface area contributed by atoms with E-state index in [0.29, 0.717) is 25.3 Å². The predicted octanol–water partition coefficient (Wildman–Crippen LogP) is 3.93. The van der Waals surface area contributed by atoms with Crippen molar-refractivity contribution in [3.05, 3.63) is 83.9 Å². The number of hydrogen-bond acceptors (Lipinski definition) is 6. The van der Waals surface area contributed by atoms with Crippen LogP contribution in [0.3, 0.4) is 0 Å². The molecule has 0 spiro atoms. The van der Waals surface area contributed by atoms with Crippen LogP contribution in [0.15, 0.2) is 72.3 Å². The number of fused-ring (bicyclic) bond motifs is 1. The maximum Gasteiger partial charge on any atom is 0.251 e. The van der Waals surface area contributed by atoms with E-state index in [2.05, 4.69) is 19.9 Å². The fourth-order valence-corrected chi connectivity index (χ4v) is 4.23. The van der Waals surface area contributed by atoms with E-state index in [-0.39, 0.29) is 5.91 Å². The molecular formula is C24H25N5O2S. The number of rotatable bonds is 10. The van der Waals surface area contributed by atoms with E-state index < -0.39 is 0 Å². The molecule has 1 aromatic carbocycles. The van der Waals surface area contributed by atoms with Gasteiger partial charge in [0.05, 0.1) is 29.5 Å². The van der Waals surface area contributed by atoms with Crippen LogP contribution in [0.25, 0.3) is 11.0 Å². The van der Waals surface area contributed by atoms with Gasteiger partial charge in [-0.05, 0) is 42.3 Å². The molecule has 4 rings (SSSR count). The normalized spacial score (nSPS) is 11.0. The summed E-state index contributed by atoms with van der Waals surface area (Å²) in [6, 6.07) is 15.5. The SMILES string of the molecule is COCCCNC(=O)c1ccc(Cn2c(SCc3ccccn3)nc3ccncc32)cc1. The lowest BCUT2D eigenvalue weighted by atomic mass is 10.1. The average molecular weight is 448 g/mol. The minimum atomic E-state index is -0.0726. The van der Waals surface area contributed by atoms with Gasteiger partial charge in [0, 0.05) is 44.0 Å². The van der Waals surface area contributed by atoms with Crippen LogP contribution < -0.4 is 5.32 Å². The molecule has 0 bridgehead atoms. The zero-order chi connectivity index (χ0) is 22.2. The fourth-order valence-electron chi connectivity index (χ4n) is 3.30. The molecule has 3 aromatic heterocycles. The van der Waals surface area contributed by atoms with Crippen molar-refractivity contribution < 1.29 is 9.53 Å². The summed E-state index contributed by atoms with van der Waals surface area (Å²) in [7, 11) is 1.66. The summed E-state index contributed by atoms with van der Waals surface area (Å²) in [5.41, 5.74) is 4.64. The van der Waals surface area contributed by atoms with E-state index in [0.717, 1.165) is 39.6 Å². The highest BCUT2D eigenvalue weighted by atomic mass is 32.2. The van der Waals surface area contributed by atoms with Gasteiger partial charge in [0.25, 0.3) is 5.91 Å². The first-order chi connectivity index (χ1) is 15.7. The molecule has 7 nitrogen and oxygen atoms in total. The summed E-state index contributed by atoms with van der Waals surface area (Å²) < 4.78 is 7.17. The van der Waals surface area contributed by atoms with E-state index in [1.165, 1.54) is 0 Å². The summed E-state index contributed by atoms with van der Waals surface area (Å²) in [5, 5.41) is 3.83. The van der Waals surface area contributed by atoms with Crippen LogP contribution >= 0.6 is 11.8 Å². The third kappa shape index (κ3) is 5.52. The number of ether oxygens (including phenoxy) is 1. The van der Waals surface area contributed by atoms with Gasteiger partial charge in [0.2, 0.25) is 0 Å². The van der Waals surface area contributed by atoms with Crippen molar-refractivity contribution in [2.75, 3.05) is 20.3 Å². The lowest BCUT2D eigenvalue weighted by Gasteiger charge is -2.10. The third-order valence-corrected chi connectivity index (χ3v) is 5.97. The van der Waals surface area contributed by atoms with Crippen molar-refractivity contribution in [1.29, 1.82) is 0 Å². The molecule has 0 radical (unpaired) electrons. The summed E-state index contributed by atoms with van der Waals surface area (Å²) in [6.07, 6.45) is 6.20. The lowest BCUT2D eigenvalue weighted by Crippen LogP contribution is -2.25. The maximum atomic E-state index is 12.3. The van der Waals surface area contributed by atoms with Crippen LogP contribution in [0, 0.1) is 0 Å². The fraction of sp³-hybridized carbons (Fsp3) is 0.250. The Morgan fingerprint density at radius 3 is 2.78 bits per heavy atom. The molecule has 3 heterocycles. The van der Waals surface area contributed by atoms with Gasteiger partial charge < -0.3 is 14.6 Å².